The molecule has 0 aliphatic rings. The molecular formula is C23H38F3NO5S. The fraction of sp³-hybridized carbons (Fsp3) is 0.696. The van der Waals surface area contributed by atoms with Gasteiger partial charge in [0.25, 0.3) is 10.1 Å². The van der Waals surface area contributed by atoms with Gasteiger partial charge in [-0.1, -0.05) is 71.4 Å². The Morgan fingerprint density at radius 3 is 2.06 bits per heavy atom. The number of hydrogen-bond acceptors (Lipinski definition) is 4. The van der Waals surface area contributed by atoms with Gasteiger partial charge in [-0.05, 0) is 37.0 Å². The van der Waals surface area contributed by atoms with Crippen LogP contribution in [0.3, 0.4) is 0 Å². The molecule has 0 spiro atoms. The van der Waals surface area contributed by atoms with Crippen LogP contribution < -0.4 is 5.32 Å². The molecule has 2 N–H and O–H groups in total. The minimum absolute atomic E-state index is 0. The number of unbranched alkanes of at least 4 members (excludes halogenated alkanes) is 7. The Hall–Kier alpha value is -1.81. The molecule has 0 radical (unpaired) electrons. The van der Waals surface area contributed by atoms with Gasteiger partial charge < -0.3 is 10.1 Å². The summed E-state index contributed by atoms with van der Waals surface area (Å²) in [4.78, 5) is 12.1. The van der Waals surface area contributed by atoms with Gasteiger partial charge in [-0.25, -0.2) is 4.79 Å². The van der Waals surface area contributed by atoms with E-state index in [2.05, 4.69) is 12.2 Å². The maximum absolute atomic E-state index is 12.8. The van der Waals surface area contributed by atoms with Crippen molar-refractivity contribution in [2.45, 2.75) is 90.8 Å². The lowest BCUT2D eigenvalue weighted by molar-refractivity contribution is -0.137. The fourth-order valence-electron chi connectivity index (χ4n) is 3.26. The first-order valence-corrected chi connectivity index (χ1v) is 12.7. The van der Waals surface area contributed by atoms with Gasteiger partial charge in [-0.2, -0.15) is 21.6 Å². The molecule has 0 aliphatic carbocycles. The first-order chi connectivity index (χ1) is 15.0. The van der Waals surface area contributed by atoms with Crippen LogP contribution >= 0.6 is 0 Å². The molecule has 0 fully saturated rings. The van der Waals surface area contributed by atoms with E-state index in [1.807, 2.05) is 0 Å². The first kappa shape index (κ1) is 31.2. The normalized spacial score (nSPS) is 12.6. The van der Waals surface area contributed by atoms with E-state index < -0.39 is 39.8 Å². The second-order valence-electron chi connectivity index (χ2n) is 7.84. The van der Waals surface area contributed by atoms with E-state index >= 15 is 0 Å². The highest BCUT2D eigenvalue weighted by Crippen LogP contribution is 2.31. The number of amides is 1. The van der Waals surface area contributed by atoms with Crippen molar-refractivity contribution in [2.24, 2.45) is 0 Å². The Morgan fingerprint density at radius 2 is 1.55 bits per heavy atom. The number of carbonyl (C=O) groups excluding carboxylic acids is 1. The average Bonchev–Trinajstić information content (AvgIpc) is 2.71. The summed E-state index contributed by atoms with van der Waals surface area (Å²) < 4.78 is 74.0. The highest BCUT2D eigenvalue weighted by Gasteiger charge is 2.30. The Bertz CT molecular complexity index is 767. The Morgan fingerprint density at radius 1 is 1.00 bits per heavy atom. The van der Waals surface area contributed by atoms with E-state index in [4.69, 9.17) is 9.29 Å². The number of hydrogen-bond donors (Lipinski definition) is 2. The van der Waals surface area contributed by atoms with Crippen LogP contribution in [0.15, 0.2) is 24.3 Å². The van der Waals surface area contributed by atoms with Crippen molar-refractivity contribution in [1.29, 1.82) is 0 Å². The van der Waals surface area contributed by atoms with Crippen LogP contribution in [0.5, 0.6) is 0 Å². The maximum atomic E-state index is 12.8. The highest BCUT2D eigenvalue weighted by molar-refractivity contribution is 7.85. The Labute approximate surface area is 196 Å². The molecule has 1 aromatic carbocycles. The number of alkyl halides is 3. The smallest absolute Gasteiger partial charge is 0.416 e. The van der Waals surface area contributed by atoms with Crippen LogP contribution in [-0.2, 0) is 21.0 Å². The minimum atomic E-state index is -4.45. The van der Waals surface area contributed by atoms with Gasteiger partial charge in [0.2, 0.25) is 0 Å². The molecule has 10 heteroatoms. The largest absolute Gasteiger partial charge is 0.441 e. The third-order valence-corrected chi connectivity index (χ3v) is 5.83. The number of benzene rings is 1. The maximum Gasteiger partial charge on any atom is 0.416 e. The number of rotatable bonds is 15. The first-order valence-electron chi connectivity index (χ1n) is 11.1. The third kappa shape index (κ3) is 14.9. The summed E-state index contributed by atoms with van der Waals surface area (Å²) in [7, 11) is -4.11. The van der Waals surface area contributed by atoms with Crippen LogP contribution in [0.4, 0.5) is 18.0 Å². The lowest BCUT2D eigenvalue weighted by Gasteiger charge is -2.19. The van der Waals surface area contributed by atoms with Crippen molar-refractivity contribution in [3.8, 4) is 0 Å². The quantitative estimate of drug-likeness (QED) is 0.203. The molecule has 1 aromatic rings. The van der Waals surface area contributed by atoms with E-state index in [0.717, 1.165) is 37.8 Å². The molecule has 0 saturated carbocycles. The van der Waals surface area contributed by atoms with E-state index in [1.54, 1.807) is 0 Å². The zero-order valence-electron chi connectivity index (χ0n) is 18.5. The Balaban J connectivity index is 0.0000102. The summed E-state index contributed by atoms with van der Waals surface area (Å²) in [6, 6.07) is 4.54. The molecular weight excluding hydrogens is 459 g/mol. The molecule has 0 saturated heterocycles. The monoisotopic (exact) mass is 497 g/mol. The molecule has 1 atom stereocenters. The number of nitrogens with one attached hydrogen (secondary N) is 1. The standard InChI is InChI=1S/C22H34F3NO5S.CH4/c1-2-3-4-5-6-7-8-9-11-20(18-12-14-19(15-13-18)22(23,24)25)31-21(27)26-16-10-17-32(28,29)30;/h12-15,20H,2-11,16-17H2,1H3,(H,26,27)(H,28,29,30);1H4. The number of carbonyl (C=O) groups is 1. The molecule has 1 rings (SSSR count). The second kappa shape index (κ2) is 15.9. The van der Waals surface area contributed by atoms with Gasteiger partial charge in [0.1, 0.15) is 6.10 Å². The van der Waals surface area contributed by atoms with Crippen molar-refractivity contribution in [2.75, 3.05) is 12.3 Å². The number of ether oxygens (including phenoxy) is 1. The van der Waals surface area contributed by atoms with E-state index in [9.17, 15) is 26.4 Å². The summed E-state index contributed by atoms with van der Waals surface area (Å²) in [5, 5.41) is 2.40. The van der Waals surface area contributed by atoms with Crippen molar-refractivity contribution in [3.05, 3.63) is 35.4 Å². The van der Waals surface area contributed by atoms with E-state index in [-0.39, 0.29) is 20.4 Å². The van der Waals surface area contributed by atoms with Crippen molar-refractivity contribution >= 4 is 16.2 Å². The molecule has 0 heterocycles. The van der Waals surface area contributed by atoms with Crippen molar-refractivity contribution in [1.82, 2.24) is 5.32 Å². The molecule has 192 valence electrons. The highest BCUT2D eigenvalue weighted by atomic mass is 32.2. The summed E-state index contributed by atoms with van der Waals surface area (Å²) >= 11 is 0. The molecule has 33 heavy (non-hydrogen) atoms. The molecule has 1 amide bonds. The van der Waals surface area contributed by atoms with Gasteiger partial charge >= 0.3 is 12.3 Å². The second-order valence-corrected chi connectivity index (χ2v) is 9.42. The fourth-order valence-corrected chi connectivity index (χ4v) is 3.77. The van der Waals surface area contributed by atoms with Crippen molar-refractivity contribution < 1.29 is 35.7 Å². The van der Waals surface area contributed by atoms with Gasteiger partial charge in [0.15, 0.2) is 0 Å². The van der Waals surface area contributed by atoms with Gasteiger partial charge in [0, 0.05) is 6.54 Å². The molecule has 0 bridgehead atoms. The van der Waals surface area contributed by atoms with Gasteiger partial charge in [0.05, 0.1) is 11.3 Å². The van der Waals surface area contributed by atoms with Crippen LogP contribution in [-0.4, -0.2) is 31.4 Å². The van der Waals surface area contributed by atoms with Crippen LogP contribution in [0, 0.1) is 0 Å². The molecule has 0 aliphatic heterocycles. The average molecular weight is 498 g/mol. The summed E-state index contributed by atoms with van der Waals surface area (Å²) in [6.07, 6.45) is 3.21. The summed E-state index contributed by atoms with van der Waals surface area (Å²) in [5.41, 5.74) is -0.309. The molecule has 0 aromatic heterocycles. The summed E-state index contributed by atoms with van der Waals surface area (Å²) in [6.45, 7) is 2.14. The molecule has 6 nitrogen and oxygen atoms in total. The van der Waals surface area contributed by atoms with E-state index in [1.165, 1.54) is 37.8 Å². The van der Waals surface area contributed by atoms with Gasteiger partial charge in [-0.3, -0.25) is 4.55 Å². The minimum Gasteiger partial charge on any atom is -0.441 e. The zero-order valence-corrected chi connectivity index (χ0v) is 19.3. The predicted molar refractivity (Wildman–Crippen MR) is 124 cm³/mol. The summed E-state index contributed by atoms with van der Waals surface area (Å²) in [5.74, 6) is -0.492. The molecule has 1 unspecified atom stereocenters. The van der Waals surface area contributed by atoms with Gasteiger partial charge in [-0.15, -0.1) is 0 Å². The zero-order chi connectivity index (χ0) is 24.0. The van der Waals surface area contributed by atoms with Crippen molar-refractivity contribution in [3.63, 3.8) is 0 Å². The lowest BCUT2D eigenvalue weighted by Crippen LogP contribution is -2.28. The van der Waals surface area contributed by atoms with Crippen LogP contribution in [0.25, 0.3) is 0 Å². The lowest BCUT2D eigenvalue weighted by atomic mass is 10.0. The van der Waals surface area contributed by atoms with Crippen LogP contribution in [0.2, 0.25) is 0 Å². The third-order valence-electron chi connectivity index (χ3n) is 5.03. The number of alkyl carbamates (subject to hydrolysis) is 1. The van der Waals surface area contributed by atoms with Crippen LogP contribution in [0.1, 0.15) is 95.8 Å². The predicted octanol–water partition coefficient (Wildman–Crippen LogP) is 6.92. The topological polar surface area (TPSA) is 92.7 Å². The number of halogens is 3. The van der Waals surface area contributed by atoms with E-state index in [0.29, 0.717) is 12.0 Å². The Kier molecular flexibility index (Phi) is 15.1. The SMILES string of the molecule is C.CCCCCCCCCCC(OC(=O)NCCCS(=O)(=O)O)c1ccc(C(F)(F)F)cc1.